The van der Waals surface area contributed by atoms with E-state index in [2.05, 4.69) is 19.8 Å². The van der Waals surface area contributed by atoms with Crippen molar-refractivity contribution < 1.29 is 8.42 Å². The Morgan fingerprint density at radius 1 is 1.22 bits per heavy atom. The average molecular weight is 370 g/mol. The molecule has 3 aromatic heterocycles. The lowest BCUT2D eigenvalue weighted by Gasteiger charge is -2.05. The van der Waals surface area contributed by atoms with Gasteiger partial charge in [0.25, 0.3) is 0 Å². The van der Waals surface area contributed by atoms with E-state index < -0.39 is 10.0 Å². The third-order valence-electron chi connectivity index (χ3n) is 2.91. The van der Waals surface area contributed by atoms with Gasteiger partial charge >= 0.3 is 0 Å². The fraction of sp³-hybridized carbons (Fsp3) is 0.154. The van der Waals surface area contributed by atoms with Crippen LogP contribution in [0.5, 0.6) is 0 Å². The lowest BCUT2D eigenvalue weighted by atomic mass is 10.3. The third-order valence-corrected chi connectivity index (χ3v) is 6.10. The summed E-state index contributed by atoms with van der Waals surface area (Å²) in [5.74, 6) is 0. The first-order valence-corrected chi connectivity index (χ1v) is 9.27. The van der Waals surface area contributed by atoms with Crippen LogP contribution < -0.4 is 4.72 Å². The number of aromatic nitrogens is 4. The van der Waals surface area contributed by atoms with Crippen LogP contribution in [0.25, 0.3) is 11.4 Å². The number of rotatable bonds is 6. The summed E-state index contributed by atoms with van der Waals surface area (Å²) < 4.78 is 28.9. The van der Waals surface area contributed by atoms with Crippen molar-refractivity contribution >= 4 is 33.0 Å². The van der Waals surface area contributed by atoms with E-state index in [4.69, 9.17) is 11.6 Å². The van der Waals surface area contributed by atoms with Crippen molar-refractivity contribution in [1.29, 1.82) is 0 Å². The first kappa shape index (κ1) is 16.1. The predicted molar refractivity (Wildman–Crippen MR) is 87.8 cm³/mol. The second-order valence-electron chi connectivity index (χ2n) is 4.51. The van der Waals surface area contributed by atoms with E-state index >= 15 is 0 Å². The van der Waals surface area contributed by atoms with Crippen molar-refractivity contribution in [2.24, 2.45) is 0 Å². The predicted octanol–water partition coefficient (Wildman–Crippen LogP) is 2.03. The molecule has 0 saturated heterocycles. The summed E-state index contributed by atoms with van der Waals surface area (Å²) in [6, 6.07) is 4.84. The molecule has 0 aliphatic carbocycles. The molecular weight excluding hydrogens is 358 g/mol. The van der Waals surface area contributed by atoms with Crippen LogP contribution >= 0.6 is 22.9 Å². The van der Waals surface area contributed by atoms with Crippen LogP contribution in [-0.2, 0) is 16.6 Å². The minimum absolute atomic E-state index is 0.197. The summed E-state index contributed by atoms with van der Waals surface area (Å²) in [4.78, 5) is 8.15. The van der Waals surface area contributed by atoms with Crippen LogP contribution in [0.2, 0.25) is 4.34 Å². The van der Waals surface area contributed by atoms with Gasteiger partial charge in [-0.15, -0.1) is 11.3 Å². The molecule has 0 unspecified atom stereocenters. The molecule has 1 N–H and O–H groups in total. The van der Waals surface area contributed by atoms with Crippen molar-refractivity contribution in [2.45, 2.75) is 10.8 Å². The molecule has 3 rings (SSSR count). The minimum Gasteiger partial charge on any atom is -0.271 e. The fourth-order valence-electron chi connectivity index (χ4n) is 1.86. The van der Waals surface area contributed by atoms with Gasteiger partial charge in [-0.3, -0.25) is 14.6 Å². The normalized spacial score (nSPS) is 11.7. The van der Waals surface area contributed by atoms with Gasteiger partial charge in [0, 0.05) is 25.1 Å². The second-order valence-corrected chi connectivity index (χ2v) is 8.22. The molecular formula is C13H12ClN5O2S2. The van der Waals surface area contributed by atoms with E-state index in [1.807, 2.05) is 0 Å². The number of nitrogens with one attached hydrogen (secondary N) is 1. The van der Waals surface area contributed by atoms with E-state index in [-0.39, 0.29) is 10.8 Å². The summed E-state index contributed by atoms with van der Waals surface area (Å²) in [5, 5.41) is 4.34. The molecule has 10 heteroatoms. The summed E-state index contributed by atoms with van der Waals surface area (Å²) >= 11 is 6.78. The Balaban J connectivity index is 1.60. The summed E-state index contributed by atoms with van der Waals surface area (Å²) in [5.41, 5.74) is 1.35. The van der Waals surface area contributed by atoms with Gasteiger partial charge in [-0.25, -0.2) is 13.1 Å². The fourth-order valence-corrected chi connectivity index (χ4v) is 4.41. The molecule has 0 aromatic carbocycles. The molecule has 0 bridgehead atoms. The van der Waals surface area contributed by atoms with E-state index in [0.717, 1.165) is 11.3 Å². The van der Waals surface area contributed by atoms with Crippen LogP contribution in [0.4, 0.5) is 0 Å². The Morgan fingerprint density at radius 2 is 2.09 bits per heavy atom. The van der Waals surface area contributed by atoms with E-state index in [1.54, 1.807) is 41.6 Å². The molecule has 0 spiro atoms. The van der Waals surface area contributed by atoms with Crippen LogP contribution in [-0.4, -0.2) is 34.7 Å². The molecule has 0 radical (unpaired) electrons. The zero-order valence-electron chi connectivity index (χ0n) is 11.8. The van der Waals surface area contributed by atoms with Gasteiger partial charge in [-0.1, -0.05) is 11.6 Å². The molecule has 23 heavy (non-hydrogen) atoms. The number of hydrogen-bond donors (Lipinski definition) is 1. The number of halogens is 1. The van der Waals surface area contributed by atoms with E-state index in [9.17, 15) is 8.42 Å². The number of sulfonamides is 1. The molecule has 7 nitrogen and oxygen atoms in total. The monoisotopic (exact) mass is 369 g/mol. The quantitative estimate of drug-likeness (QED) is 0.718. The van der Waals surface area contributed by atoms with Crippen LogP contribution in [0.1, 0.15) is 0 Å². The first-order chi connectivity index (χ1) is 11.0. The summed E-state index contributed by atoms with van der Waals surface area (Å²) in [6.07, 6.45) is 6.57. The Morgan fingerprint density at radius 3 is 2.78 bits per heavy atom. The lowest BCUT2D eigenvalue weighted by Crippen LogP contribution is -2.27. The Hall–Kier alpha value is -1.81. The van der Waals surface area contributed by atoms with Gasteiger partial charge in [0.15, 0.2) is 0 Å². The SMILES string of the molecule is O=S(=O)(NCCn1ccc(-c2cnccn2)n1)c1ccc(Cl)s1. The number of thiophene rings is 1. The maximum Gasteiger partial charge on any atom is 0.250 e. The molecule has 3 aromatic rings. The highest BCUT2D eigenvalue weighted by atomic mass is 35.5. The topological polar surface area (TPSA) is 89.8 Å². The van der Waals surface area contributed by atoms with Crippen molar-refractivity contribution in [3.8, 4) is 11.4 Å². The van der Waals surface area contributed by atoms with Crippen molar-refractivity contribution in [3.63, 3.8) is 0 Å². The van der Waals surface area contributed by atoms with Gasteiger partial charge in [-0.2, -0.15) is 5.10 Å². The molecule has 3 heterocycles. The van der Waals surface area contributed by atoms with Gasteiger partial charge in [-0.05, 0) is 18.2 Å². The third kappa shape index (κ3) is 3.94. The van der Waals surface area contributed by atoms with Gasteiger partial charge < -0.3 is 0 Å². The van der Waals surface area contributed by atoms with Crippen LogP contribution in [0.3, 0.4) is 0 Å². The van der Waals surface area contributed by atoms with Crippen molar-refractivity contribution in [3.05, 3.63) is 47.3 Å². The largest absolute Gasteiger partial charge is 0.271 e. The maximum atomic E-state index is 12.1. The smallest absolute Gasteiger partial charge is 0.250 e. The Labute approximate surface area is 142 Å². The molecule has 0 amide bonds. The Bertz CT molecular complexity index is 892. The van der Waals surface area contributed by atoms with Gasteiger partial charge in [0.05, 0.1) is 17.1 Å². The molecule has 0 saturated carbocycles. The highest BCUT2D eigenvalue weighted by Crippen LogP contribution is 2.25. The number of hydrogen-bond acceptors (Lipinski definition) is 6. The zero-order valence-corrected chi connectivity index (χ0v) is 14.1. The van der Waals surface area contributed by atoms with E-state index in [1.165, 1.54) is 6.07 Å². The second kappa shape index (κ2) is 6.75. The van der Waals surface area contributed by atoms with Gasteiger partial charge in [0.2, 0.25) is 10.0 Å². The van der Waals surface area contributed by atoms with Gasteiger partial charge in [0.1, 0.15) is 15.6 Å². The van der Waals surface area contributed by atoms with Crippen molar-refractivity contribution in [2.75, 3.05) is 6.54 Å². The highest BCUT2D eigenvalue weighted by molar-refractivity contribution is 7.91. The average Bonchev–Trinajstić information content (AvgIpc) is 3.17. The lowest BCUT2D eigenvalue weighted by molar-refractivity contribution is 0.563. The molecule has 0 fully saturated rings. The minimum atomic E-state index is -3.53. The number of nitrogens with zero attached hydrogens (tertiary/aromatic N) is 4. The van der Waals surface area contributed by atoms with E-state index in [0.29, 0.717) is 22.3 Å². The van der Waals surface area contributed by atoms with Crippen molar-refractivity contribution in [1.82, 2.24) is 24.5 Å². The molecule has 0 aliphatic rings. The standard InChI is InChI=1S/C13H12ClN5O2S2/c14-12-1-2-13(22-12)23(20,21)17-6-8-19-7-3-10(18-19)11-9-15-4-5-16-11/h1-5,7,9,17H,6,8H2. The van der Waals surface area contributed by atoms with Crippen LogP contribution in [0.15, 0.2) is 47.2 Å². The zero-order chi connectivity index (χ0) is 16.3. The summed E-state index contributed by atoms with van der Waals surface area (Å²) in [7, 11) is -3.53. The van der Waals surface area contributed by atoms with Crippen LogP contribution in [0, 0.1) is 0 Å². The summed E-state index contributed by atoms with van der Waals surface area (Å²) in [6.45, 7) is 0.623. The first-order valence-electron chi connectivity index (χ1n) is 6.59. The Kier molecular flexibility index (Phi) is 4.71. The molecule has 120 valence electrons. The molecule has 0 aliphatic heterocycles. The highest BCUT2D eigenvalue weighted by Gasteiger charge is 2.15. The maximum absolute atomic E-state index is 12.1. The molecule has 0 atom stereocenters.